The summed E-state index contributed by atoms with van der Waals surface area (Å²) in [7, 11) is 3.16. The van der Waals surface area contributed by atoms with Crippen LogP contribution in [0.3, 0.4) is 0 Å². The van der Waals surface area contributed by atoms with Crippen LogP contribution in [0.5, 0.6) is 0 Å². The number of esters is 2. The quantitative estimate of drug-likeness (QED) is 0.198. The number of rotatable bonds is 17. The van der Waals surface area contributed by atoms with Gasteiger partial charge < -0.3 is 25.4 Å². The Labute approximate surface area is 252 Å². The molecule has 0 radical (unpaired) electrons. The minimum Gasteiger partial charge on any atom is -0.469 e. The van der Waals surface area contributed by atoms with E-state index in [1.165, 1.54) is 43.6 Å². The molecule has 0 spiro atoms. The van der Waals surface area contributed by atoms with Crippen LogP contribution in [0.4, 0.5) is 0 Å². The Balaban J connectivity index is 2.01. The lowest BCUT2D eigenvalue weighted by Crippen LogP contribution is -2.44. The molecule has 4 atom stereocenters. The Morgan fingerprint density at radius 3 is 2.49 bits per heavy atom. The summed E-state index contributed by atoms with van der Waals surface area (Å²) in [6.07, 6.45) is 6.51. The number of hydrogen-bond acceptors (Lipinski definition) is 10. The molecule has 1 saturated carbocycles. The molecule has 230 valence electrons. The van der Waals surface area contributed by atoms with Gasteiger partial charge in [0, 0.05) is 62.6 Å². The third-order valence-electron chi connectivity index (χ3n) is 7.42. The van der Waals surface area contributed by atoms with Crippen LogP contribution < -0.4 is 11.1 Å². The van der Waals surface area contributed by atoms with E-state index in [1.807, 2.05) is 12.4 Å². The number of ether oxygens (including phenoxy) is 2. The van der Waals surface area contributed by atoms with Gasteiger partial charge in [-0.2, -0.15) is 0 Å². The van der Waals surface area contributed by atoms with Gasteiger partial charge in [-0.1, -0.05) is 27.2 Å². The maximum atomic E-state index is 12.9. The zero-order valence-corrected chi connectivity index (χ0v) is 26.7. The molecule has 10 nitrogen and oxygen atoms in total. The molecule has 0 aromatic carbocycles. The van der Waals surface area contributed by atoms with Gasteiger partial charge in [-0.3, -0.25) is 19.2 Å². The van der Waals surface area contributed by atoms with Gasteiger partial charge in [0.25, 0.3) is 5.91 Å². The largest absolute Gasteiger partial charge is 0.469 e. The van der Waals surface area contributed by atoms with Crippen LogP contribution >= 0.6 is 23.1 Å². The summed E-state index contributed by atoms with van der Waals surface area (Å²) in [4.78, 5) is 55.7. The lowest BCUT2D eigenvalue weighted by molar-refractivity contribution is -0.147. The Kier molecular flexibility index (Phi) is 14.7. The van der Waals surface area contributed by atoms with E-state index in [-0.39, 0.29) is 35.6 Å². The second kappa shape index (κ2) is 17.4. The molecular weight excluding hydrogens is 564 g/mol. The number of hydrogen-bond donors (Lipinski definition) is 2. The van der Waals surface area contributed by atoms with Crippen LogP contribution in [-0.2, 0) is 35.1 Å². The van der Waals surface area contributed by atoms with Crippen LogP contribution in [0.15, 0.2) is 22.7 Å². The Morgan fingerprint density at radius 1 is 1.24 bits per heavy atom. The number of nitrogens with one attached hydrogen (secondary N) is 1. The van der Waals surface area contributed by atoms with Gasteiger partial charge in [0.2, 0.25) is 5.91 Å². The molecule has 0 aliphatic heterocycles. The van der Waals surface area contributed by atoms with E-state index in [9.17, 15) is 19.2 Å². The van der Waals surface area contributed by atoms with Gasteiger partial charge in [0.1, 0.15) is 11.8 Å². The van der Waals surface area contributed by atoms with Crippen molar-refractivity contribution in [3.05, 3.63) is 27.7 Å². The second-order valence-electron chi connectivity index (χ2n) is 11.2. The molecule has 1 fully saturated rings. The van der Waals surface area contributed by atoms with E-state index in [1.54, 1.807) is 23.4 Å². The smallest absolute Gasteiger partial charge is 0.308 e. The Morgan fingerprint density at radius 2 is 1.95 bits per heavy atom. The minimum atomic E-state index is -0.463. The summed E-state index contributed by atoms with van der Waals surface area (Å²) in [5.41, 5.74) is 6.12. The number of thiazole rings is 1. The van der Waals surface area contributed by atoms with Crippen molar-refractivity contribution in [1.82, 2.24) is 15.2 Å². The van der Waals surface area contributed by atoms with Crippen molar-refractivity contribution in [3.8, 4) is 0 Å². The van der Waals surface area contributed by atoms with Gasteiger partial charge in [0.05, 0.1) is 18.0 Å². The average Bonchev–Trinajstić information content (AvgIpc) is 3.40. The number of amides is 2. The monoisotopic (exact) mass is 610 g/mol. The first kappa shape index (κ1) is 34.6. The predicted molar refractivity (Wildman–Crippen MR) is 162 cm³/mol. The van der Waals surface area contributed by atoms with E-state index < -0.39 is 23.9 Å². The molecule has 1 aromatic heterocycles. The van der Waals surface area contributed by atoms with Crippen LogP contribution in [-0.4, -0.2) is 71.7 Å². The lowest BCUT2D eigenvalue weighted by atomic mass is 9.82. The lowest BCUT2D eigenvalue weighted by Gasteiger charge is -2.35. The fraction of sp³-hybridized carbons (Fsp3) is 0.690. The van der Waals surface area contributed by atoms with E-state index in [4.69, 9.17) is 15.2 Å². The molecule has 0 saturated heterocycles. The maximum absolute atomic E-state index is 12.9. The molecule has 3 N–H and O–H groups in total. The standard InChI is InChI=1S/C29H46N4O6S2/c1-18(2)25(33(5)27(35)13-21-8-7-9-21)15-23(39-20(4)34)16-40-17-24(30)28(36)32-22(12-19(3)29(37)38-6)14-26-31-10-11-41-26/h10-11,17-19,21-23,25H,7-9,12-16,30H2,1-6H3,(H,32,36)/b24-17-/t19-,22+,23+,25?/m0/s1. The van der Waals surface area contributed by atoms with Gasteiger partial charge in [-0.05, 0) is 36.5 Å². The molecule has 0 bridgehead atoms. The summed E-state index contributed by atoms with van der Waals surface area (Å²) in [6, 6.07) is -0.464. The second-order valence-corrected chi connectivity index (χ2v) is 13.0. The van der Waals surface area contributed by atoms with Crippen LogP contribution in [0, 0.1) is 17.8 Å². The topological polar surface area (TPSA) is 141 Å². The molecular formula is C29H46N4O6S2. The minimum absolute atomic E-state index is 0.0136. The fourth-order valence-electron chi connectivity index (χ4n) is 4.85. The molecule has 1 aromatic rings. The summed E-state index contributed by atoms with van der Waals surface area (Å²) in [5.74, 6) is -0.483. The van der Waals surface area contributed by atoms with E-state index in [0.29, 0.717) is 37.4 Å². The highest BCUT2D eigenvalue weighted by Gasteiger charge is 2.30. The van der Waals surface area contributed by atoms with Crippen molar-refractivity contribution in [1.29, 1.82) is 0 Å². The SMILES string of the molecule is COC(=O)[C@@H](C)C[C@H](Cc1nccs1)NC(=O)/C(N)=C/SC[C@@H](CC(C(C)C)N(C)C(=O)CC1CCC1)OC(C)=O. The van der Waals surface area contributed by atoms with Crippen molar-refractivity contribution in [3.63, 3.8) is 0 Å². The Bertz CT molecular complexity index is 1030. The number of carbonyl (C=O) groups is 4. The van der Waals surface area contributed by atoms with Gasteiger partial charge >= 0.3 is 11.9 Å². The van der Waals surface area contributed by atoms with Gasteiger partial charge in [-0.25, -0.2) is 4.98 Å². The maximum Gasteiger partial charge on any atom is 0.308 e. The van der Waals surface area contributed by atoms with Gasteiger partial charge in [-0.15, -0.1) is 23.1 Å². The molecule has 2 amide bonds. The number of nitrogens with two attached hydrogens (primary N) is 1. The van der Waals surface area contributed by atoms with E-state index in [2.05, 4.69) is 24.1 Å². The zero-order valence-electron chi connectivity index (χ0n) is 25.1. The molecule has 1 aliphatic carbocycles. The van der Waals surface area contributed by atoms with E-state index >= 15 is 0 Å². The van der Waals surface area contributed by atoms with Crippen LogP contribution in [0.25, 0.3) is 0 Å². The van der Waals surface area contributed by atoms with Crippen molar-refractivity contribution < 1.29 is 28.7 Å². The van der Waals surface area contributed by atoms with E-state index in [0.717, 1.165) is 17.8 Å². The first-order valence-corrected chi connectivity index (χ1v) is 16.1. The number of carbonyl (C=O) groups excluding carboxylic acids is 4. The normalized spacial score (nSPS) is 16.7. The number of methoxy groups -OCH3 is 1. The summed E-state index contributed by atoms with van der Waals surface area (Å²) >= 11 is 2.75. The van der Waals surface area contributed by atoms with Crippen molar-refractivity contribution >= 4 is 46.9 Å². The number of aromatic nitrogens is 1. The summed E-state index contributed by atoms with van der Waals surface area (Å²) in [5, 5.41) is 7.16. The first-order valence-electron chi connectivity index (χ1n) is 14.2. The third-order valence-corrected chi connectivity index (χ3v) is 9.21. The van der Waals surface area contributed by atoms with Crippen LogP contribution in [0.2, 0.25) is 0 Å². The van der Waals surface area contributed by atoms with Crippen molar-refractivity contribution in [2.45, 2.75) is 90.8 Å². The third kappa shape index (κ3) is 12.0. The highest BCUT2D eigenvalue weighted by Crippen LogP contribution is 2.31. The van der Waals surface area contributed by atoms with Crippen LogP contribution in [0.1, 0.15) is 71.2 Å². The first-order chi connectivity index (χ1) is 19.4. The highest BCUT2D eigenvalue weighted by atomic mass is 32.2. The zero-order chi connectivity index (χ0) is 30.5. The molecule has 2 rings (SSSR count). The molecule has 41 heavy (non-hydrogen) atoms. The van der Waals surface area contributed by atoms with Crippen molar-refractivity contribution in [2.24, 2.45) is 23.5 Å². The predicted octanol–water partition coefficient (Wildman–Crippen LogP) is 3.90. The van der Waals surface area contributed by atoms with Gasteiger partial charge in [0.15, 0.2) is 0 Å². The molecule has 12 heteroatoms. The number of nitrogens with zero attached hydrogens (tertiary/aromatic N) is 2. The number of thioether (sulfide) groups is 1. The molecule has 1 heterocycles. The Hall–Kier alpha value is -2.60. The summed E-state index contributed by atoms with van der Waals surface area (Å²) in [6.45, 7) is 7.23. The highest BCUT2D eigenvalue weighted by molar-refractivity contribution is 8.02. The molecule has 1 unspecified atom stereocenters. The van der Waals surface area contributed by atoms with Crippen molar-refractivity contribution in [2.75, 3.05) is 19.9 Å². The molecule has 1 aliphatic rings. The fourth-order valence-corrected chi connectivity index (χ4v) is 6.35. The average molecular weight is 611 g/mol. The summed E-state index contributed by atoms with van der Waals surface area (Å²) < 4.78 is 10.4.